The number of ether oxygens (including phenoxy) is 3. The lowest BCUT2D eigenvalue weighted by Gasteiger charge is -2.13. The summed E-state index contributed by atoms with van der Waals surface area (Å²) in [7, 11) is 0. The summed E-state index contributed by atoms with van der Waals surface area (Å²) < 4.78 is 16.5. The number of nitrogens with one attached hydrogen (secondary N) is 1. The summed E-state index contributed by atoms with van der Waals surface area (Å²) in [4.78, 5) is 23.7. The molecule has 27 heavy (non-hydrogen) atoms. The van der Waals surface area contributed by atoms with Gasteiger partial charge in [-0.3, -0.25) is 9.59 Å². The van der Waals surface area contributed by atoms with Crippen LogP contribution in [0, 0.1) is 0 Å². The van der Waals surface area contributed by atoms with Crippen LogP contribution >= 0.6 is 0 Å². The van der Waals surface area contributed by atoms with Crippen molar-refractivity contribution >= 4 is 17.4 Å². The maximum absolute atomic E-state index is 12.1. The van der Waals surface area contributed by atoms with Crippen molar-refractivity contribution in [2.45, 2.75) is 27.2 Å². The zero-order valence-corrected chi connectivity index (χ0v) is 15.9. The van der Waals surface area contributed by atoms with E-state index in [1.165, 1.54) is 0 Å². The molecule has 0 radical (unpaired) electrons. The van der Waals surface area contributed by atoms with Crippen molar-refractivity contribution < 1.29 is 23.8 Å². The molecule has 1 N–H and O–H groups in total. The van der Waals surface area contributed by atoms with Crippen molar-refractivity contribution in [3.05, 3.63) is 48.0 Å². The average molecular weight is 371 g/mol. The summed E-state index contributed by atoms with van der Waals surface area (Å²) in [6.45, 7) is 6.48. The van der Waals surface area contributed by atoms with E-state index in [-0.39, 0.29) is 18.3 Å². The van der Waals surface area contributed by atoms with Crippen molar-refractivity contribution in [2.24, 2.45) is 0 Å². The van der Waals surface area contributed by atoms with Crippen molar-refractivity contribution in [3.63, 3.8) is 0 Å². The summed E-state index contributed by atoms with van der Waals surface area (Å²) in [6.07, 6.45) is 0.453. The zero-order chi connectivity index (χ0) is 19.6. The van der Waals surface area contributed by atoms with Crippen LogP contribution in [0.25, 0.3) is 0 Å². The average Bonchev–Trinajstić information content (AvgIpc) is 2.68. The maximum atomic E-state index is 12.1. The molecule has 2 rings (SSSR count). The van der Waals surface area contributed by atoms with Crippen LogP contribution in [0.4, 0.5) is 5.69 Å². The van der Waals surface area contributed by atoms with Gasteiger partial charge in [-0.15, -0.1) is 0 Å². The van der Waals surface area contributed by atoms with E-state index in [2.05, 4.69) is 5.32 Å². The molecule has 0 saturated carbocycles. The van der Waals surface area contributed by atoms with Crippen LogP contribution in [0.1, 0.15) is 37.6 Å². The van der Waals surface area contributed by atoms with Crippen molar-refractivity contribution in [3.8, 4) is 17.2 Å². The van der Waals surface area contributed by atoms with E-state index in [4.69, 9.17) is 14.2 Å². The lowest BCUT2D eigenvalue weighted by molar-refractivity contribution is -0.118. The molecule has 0 saturated heterocycles. The highest BCUT2D eigenvalue weighted by atomic mass is 16.5. The quantitative estimate of drug-likeness (QED) is 0.637. The largest absolute Gasteiger partial charge is 0.490 e. The molecule has 0 unspecified atom stereocenters. The molecule has 0 aliphatic carbocycles. The molecule has 0 fully saturated rings. The third kappa shape index (κ3) is 6.02. The first kappa shape index (κ1) is 20.3. The SMILES string of the molecule is CCOc1ccc(NC(=O)COc2ccc(C(=O)CC)cc2)cc1OCC. The molecule has 0 bridgehead atoms. The first-order chi connectivity index (χ1) is 13.1. The molecule has 0 aromatic heterocycles. The van der Waals surface area contributed by atoms with Gasteiger partial charge in [0.25, 0.3) is 5.91 Å². The Morgan fingerprint density at radius 2 is 1.52 bits per heavy atom. The van der Waals surface area contributed by atoms with Crippen molar-refractivity contribution in [1.29, 1.82) is 0 Å². The summed E-state index contributed by atoms with van der Waals surface area (Å²) in [5.41, 5.74) is 1.23. The molecule has 6 nitrogen and oxygen atoms in total. The van der Waals surface area contributed by atoms with Gasteiger partial charge in [0.15, 0.2) is 23.9 Å². The molecule has 2 aromatic rings. The van der Waals surface area contributed by atoms with Gasteiger partial charge in [-0.05, 0) is 50.2 Å². The Balaban J connectivity index is 1.93. The van der Waals surface area contributed by atoms with Gasteiger partial charge in [-0.1, -0.05) is 6.92 Å². The Morgan fingerprint density at radius 1 is 0.852 bits per heavy atom. The number of ketones is 1. The number of carbonyl (C=O) groups is 2. The number of rotatable bonds is 10. The summed E-state index contributed by atoms with van der Waals surface area (Å²) in [5, 5.41) is 2.77. The Morgan fingerprint density at radius 3 is 2.15 bits per heavy atom. The molecule has 1 amide bonds. The summed E-state index contributed by atoms with van der Waals surface area (Å²) >= 11 is 0. The van der Waals surface area contributed by atoms with Crippen LogP contribution in [0.15, 0.2) is 42.5 Å². The zero-order valence-electron chi connectivity index (χ0n) is 15.9. The standard InChI is InChI=1S/C21H25NO5/c1-4-18(23)15-7-10-17(11-8-15)27-14-21(24)22-16-9-12-19(25-5-2)20(13-16)26-6-3/h7-13H,4-6,14H2,1-3H3,(H,22,24). The van der Waals surface area contributed by atoms with Gasteiger partial charge in [0.1, 0.15) is 5.75 Å². The van der Waals surface area contributed by atoms with Crippen LogP contribution in [0.2, 0.25) is 0 Å². The van der Waals surface area contributed by atoms with Crippen LogP contribution in [-0.2, 0) is 4.79 Å². The second-order valence-electron chi connectivity index (χ2n) is 5.67. The number of Topliss-reactive ketones (excluding diaryl/α,β-unsaturated/α-hetero) is 1. The van der Waals surface area contributed by atoms with Gasteiger partial charge in [0.2, 0.25) is 0 Å². The highest BCUT2D eigenvalue weighted by Gasteiger charge is 2.09. The highest BCUT2D eigenvalue weighted by molar-refractivity contribution is 5.96. The Bertz CT molecular complexity index is 771. The lowest BCUT2D eigenvalue weighted by Crippen LogP contribution is -2.20. The molecule has 144 valence electrons. The second kappa shape index (κ2) is 10.2. The van der Waals surface area contributed by atoms with Gasteiger partial charge < -0.3 is 19.5 Å². The van der Waals surface area contributed by atoms with Crippen LogP contribution in [-0.4, -0.2) is 31.5 Å². The van der Waals surface area contributed by atoms with Crippen LogP contribution in [0.5, 0.6) is 17.2 Å². The molecule has 0 atom stereocenters. The third-order valence-electron chi connectivity index (χ3n) is 3.69. The highest BCUT2D eigenvalue weighted by Crippen LogP contribution is 2.30. The molecule has 2 aromatic carbocycles. The van der Waals surface area contributed by atoms with E-state index >= 15 is 0 Å². The summed E-state index contributed by atoms with van der Waals surface area (Å²) in [5.74, 6) is 1.51. The molecule has 6 heteroatoms. The fourth-order valence-electron chi connectivity index (χ4n) is 2.42. The van der Waals surface area contributed by atoms with E-state index < -0.39 is 0 Å². The van der Waals surface area contributed by atoms with Gasteiger partial charge >= 0.3 is 0 Å². The minimum absolute atomic E-state index is 0.0693. The minimum Gasteiger partial charge on any atom is -0.490 e. The van der Waals surface area contributed by atoms with Gasteiger partial charge in [0, 0.05) is 23.7 Å². The molecular formula is C21H25NO5. The normalized spacial score (nSPS) is 10.2. The molecule has 0 spiro atoms. The molecule has 0 aliphatic rings. The predicted molar refractivity (Wildman–Crippen MR) is 104 cm³/mol. The first-order valence-corrected chi connectivity index (χ1v) is 9.02. The number of anilines is 1. The predicted octanol–water partition coefficient (Wildman–Crippen LogP) is 4.09. The topological polar surface area (TPSA) is 73.9 Å². The fourth-order valence-corrected chi connectivity index (χ4v) is 2.42. The monoisotopic (exact) mass is 371 g/mol. The Hall–Kier alpha value is -3.02. The van der Waals surface area contributed by atoms with E-state index in [0.29, 0.717) is 48.1 Å². The van der Waals surface area contributed by atoms with Gasteiger partial charge in [-0.25, -0.2) is 0 Å². The molecule has 0 aliphatic heterocycles. The minimum atomic E-state index is -0.296. The summed E-state index contributed by atoms with van der Waals surface area (Å²) in [6, 6.07) is 12.0. The number of carbonyl (C=O) groups excluding carboxylic acids is 2. The molecular weight excluding hydrogens is 346 g/mol. The van der Waals surface area contributed by atoms with E-state index in [1.54, 1.807) is 42.5 Å². The van der Waals surface area contributed by atoms with E-state index in [1.807, 2.05) is 20.8 Å². The fraction of sp³-hybridized carbons (Fsp3) is 0.333. The van der Waals surface area contributed by atoms with Gasteiger partial charge in [-0.2, -0.15) is 0 Å². The Labute approximate surface area is 159 Å². The smallest absolute Gasteiger partial charge is 0.262 e. The van der Waals surface area contributed by atoms with Gasteiger partial charge in [0.05, 0.1) is 13.2 Å². The number of hydrogen-bond acceptors (Lipinski definition) is 5. The van der Waals surface area contributed by atoms with E-state index in [9.17, 15) is 9.59 Å². The number of hydrogen-bond donors (Lipinski definition) is 1. The first-order valence-electron chi connectivity index (χ1n) is 9.02. The lowest BCUT2D eigenvalue weighted by atomic mass is 10.1. The molecule has 0 heterocycles. The van der Waals surface area contributed by atoms with Crippen molar-refractivity contribution in [2.75, 3.05) is 25.1 Å². The number of benzene rings is 2. The number of amides is 1. The van der Waals surface area contributed by atoms with Crippen molar-refractivity contribution in [1.82, 2.24) is 0 Å². The maximum Gasteiger partial charge on any atom is 0.262 e. The Kier molecular flexibility index (Phi) is 7.67. The van der Waals surface area contributed by atoms with Crippen LogP contribution in [0.3, 0.4) is 0 Å². The van der Waals surface area contributed by atoms with E-state index in [0.717, 1.165) is 0 Å². The van der Waals surface area contributed by atoms with Crippen LogP contribution < -0.4 is 19.5 Å². The second-order valence-corrected chi connectivity index (χ2v) is 5.67. The third-order valence-corrected chi connectivity index (χ3v) is 3.69.